The molecule has 1 fully saturated rings. The number of nitro groups is 1. The first kappa shape index (κ1) is 14.2. The van der Waals surface area contributed by atoms with Crippen molar-refractivity contribution in [3.8, 4) is 0 Å². The Morgan fingerprint density at radius 2 is 2.16 bits per heavy atom. The highest BCUT2D eigenvalue weighted by Crippen LogP contribution is 2.25. The van der Waals surface area contributed by atoms with E-state index >= 15 is 0 Å². The summed E-state index contributed by atoms with van der Waals surface area (Å²) in [5.41, 5.74) is 0.848. The molecule has 19 heavy (non-hydrogen) atoms. The Labute approximate surface area is 117 Å². The lowest BCUT2D eigenvalue weighted by molar-refractivity contribution is -0.385. The summed E-state index contributed by atoms with van der Waals surface area (Å²) in [6.07, 6.45) is 2.16. The predicted octanol–water partition coefficient (Wildman–Crippen LogP) is 2.43. The minimum atomic E-state index is -0.360. The van der Waals surface area contributed by atoms with Gasteiger partial charge in [0, 0.05) is 29.2 Å². The van der Waals surface area contributed by atoms with Crippen LogP contribution in [-0.2, 0) is 6.54 Å². The van der Waals surface area contributed by atoms with Crippen LogP contribution in [0.3, 0.4) is 0 Å². The standard InChI is InChI=1S/C13H18ClN3O2/c1-15-12-4-6-16(7-5-12)9-10-2-3-11(14)8-13(10)17(18)19/h2-3,8,12,15H,4-7,9H2,1H3. The number of hydrogen-bond acceptors (Lipinski definition) is 4. The van der Waals surface area contributed by atoms with Crippen molar-refractivity contribution in [3.63, 3.8) is 0 Å². The highest BCUT2D eigenvalue weighted by molar-refractivity contribution is 6.30. The lowest BCUT2D eigenvalue weighted by Gasteiger charge is -2.31. The Morgan fingerprint density at radius 3 is 2.74 bits per heavy atom. The van der Waals surface area contributed by atoms with Crippen LogP contribution in [0, 0.1) is 10.1 Å². The van der Waals surface area contributed by atoms with Gasteiger partial charge in [-0.05, 0) is 45.1 Å². The van der Waals surface area contributed by atoms with Gasteiger partial charge in [-0.3, -0.25) is 15.0 Å². The topological polar surface area (TPSA) is 58.4 Å². The minimum absolute atomic E-state index is 0.114. The number of rotatable bonds is 4. The van der Waals surface area contributed by atoms with Gasteiger partial charge >= 0.3 is 0 Å². The van der Waals surface area contributed by atoms with Gasteiger partial charge in [0.1, 0.15) is 0 Å². The van der Waals surface area contributed by atoms with E-state index in [4.69, 9.17) is 11.6 Å². The van der Waals surface area contributed by atoms with Gasteiger partial charge in [-0.1, -0.05) is 11.6 Å². The average Bonchev–Trinajstić information content (AvgIpc) is 2.41. The summed E-state index contributed by atoms with van der Waals surface area (Å²) in [6, 6.07) is 5.46. The summed E-state index contributed by atoms with van der Waals surface area (Å²) in [5, 5.41) is 14.7. The number of halogens is 1. The van der Waals surface area contributed by atoms with Crippen LogP contribution < -0.4 is 5.32 Å². The lowest BCUT2D eigenvalue weighted by Crippen LogP contribution is -2.40. The highest BCUT2D eigenvalue weighted by atomic mass is 35.5. The van der Waals surface area contributed by atoms with Gasteiger partial charge in [-0.2, -0.15) is 0 Å². The molecule has 0 spiro atoms. The zero-order chi connectivity index (χ0) is 13.8. The molecule has 6 heteroatoms. The van der Waals surface area contributed by atoms with E-state index in [-0.39, 0.29) is 10.6 Å². The van der Waals surface area contributed by atoms with Crippen molar-refractivity contribution in [2.45, 2.75) is 25.4 Å². The minimum Gasteiger partial charge on any atom is -0.317 e. The molecule has 0 aliphatic carbocycles. The van der Waals surface area contributed by atoms with E-state index in [1.165, 1.54) is 6.07 Å². The molecular formula is C13H18ClN3O2. The van der Waals surface area contributed by atoms with Crippen molar-refractivity contribution in [2.75, 3.05) is 20.1 Å². The van der Waals surface area contributed by atoms with Crippen LogP contribution in [0.4, 0.5) is 5.69 Å². The van der Waals surface area contributed by atoms with E-state index in [1.54, 1.807) is 12.1 Å². The largest absolute Gasteiger partial charge is 0.317 e. The summed E-state index contributed by atoms with van der Waals surface area (Å²) >= 11 is 5.82. The van der Waals surface area contributed by atoms with Crippen molar-refractivity contribution in [1.29, 1.82) is 0 Å². The molecule has 1 saturated heterocycles. The molecule has 0 unspecified atom stereocenters. The first-order valence-electron chi connectivity index (χ1n) is 6.42. The number of nitrogens with one attached hydrogen (secondary N) is 1. The van der Waals surface area contributed by atoms with Gasteiger partial charge in [0.25, 0.3) is 5.69 Å². The zero-order valence-corrected chi connectivity index (χ0v) is 11.7. The highest BCUT2D eigenvalue weighted by Gasteiger charge is 2.21. The molecule has 0 saturated carbocycles. The Kier molecular flexibility index (Phi) is 4.74. The fourth-order valence-electron chi connectivity index (χ4n) is 2.46. The maximum Gasteiger partial charge on any atom is 0.275 e. The molecule has 1 N–H and O–H groups in total. The van der Waals surface area contributed by atoms with E-state index < -0.39 is 0 Å². The number of piperidine rings is 1. The van der Waals surface area contributed by atoms with Crippen molar-refractivity contribution >= 4 is 17.3 Å². The summed E-state index contributed by atoms with van der Waals surface area (Å²) in [7, 11) is 1.98. The van der Waals surface area contributed by atoms with Crippen molar-refractivity contribution in [2.24, 2.45) is 0 Å². The maximum atomic E-state index is 11.0. The van der Waals surface area contributed by atoms with Crippen LogP contribution in [0.15, 0.2) is 18.2 Å². The Bertz CT molecular complexity index is 459. The molecule has 1 aliphatic heterocycles. The van der Waals surface area contributed by atoms with Crippen LogP contribution >= 0.6 is 11.6 Å². The summed E-state index contributed by atoms with van der Waals surface area (Å²) in [5.74, 6) is 0. The van der Waals surface area contributed by atoms with Crippen molar-refractivity contribution in [3.05, 3.63) is 38.9 Å². The van der Waals surface area contributed by atoms with Crippen LogP contribution in [0.5, 0.6) is 0 Å². The fraction of sp³-hybridized carbons (Fsp3) is 0.538. The zero-order valence-electron chi connectivity index (χ0n) is 10.9. The van der Waals surface area contributed by atoms with E-state index in [0.29, 0.717) is 17.6 Å². The maximum absolute atomic E-state index is 11.0. The Hall–Kier alpha value is -1.17. The molecule has 2 rings (SSSR count). The average molecular weight is 284 g/mol. The second kappa shape index (κ2) is 6.32. The number of nitro benzene ring substituents is 1. The number of hydrogen-bond donors (Lipinski definition) is 1. The second-order valence-corrected chi connectivity index (χ2v) is 5.31. The van der Waals surface area contributed by atoms with E-state index in [0.717, 1.165) is 31.5 Å². The van der Waals surface area contributed by atoms with Crippen LogP contribution in [0.1, 0.15) is 18.4 Å². The van der Waals surface area contributed by atoms with Gasteiger partial charge in [-0.15, -0.1) is 0 Å². The van der Waals surface area contributed by atoms with Gasteiger partial charge in [0.2, 0.25) is 0 Å². The number of likely N-dealkylation sites (tertiary alicyclic amines) is 1. The van der Waals surface area contributed by atoms with Gasteiger partial charge in [-0.25, -0.2) is 0 Å². The molecule has 104 valence electrons. The number of benzene rings is 1. The van der Waals surface area contributed by atoms with Crippen LogP contribution in [0.2, 0.25) is 5.02 Å². The predicted molar refractivity (Wildman–Crippen MR) is 75.5 cm³/mol. The second-order valence-electron chi connectivity index (χ2n) is 4.87. The van der Waals surface area contributed by atoms with Crippen molar-refractivity contribution < 1.29 is 4.92 Å². The third kappa shape index (κ3) is 3.65. The molecule has 0 bridgehead atoms. The molecule has 1 aliphatic rings. The SMILES string of the molecule is CNC1CCN(Cc2ccc(Cl)cc2[N+](=O)[O-])CC1. The third-order valence-electron chi connectivity index (χ3n) is 3.63. The fourth-order valence-corrected chi connectivity index (χ4v) is 2.63. The molecular weight excluding hydrogens is 266 g/mol. The number of nitrogens with zero attached hydrogens (tertiary/aromatic N) is 2. The van der Waals surface area contributed by atoms with E-state index in [2.05, 4.69) is 10.2 Å². The van der Waals surface area contributed by atoms with Gasteiger partial charge in [0.05, 0.1) is 4.92 Å². The quantitative estimate of drug-likeness (QED) is 0.681. The van der Waals surface area contributed by atoms with Crippen LogP contribution in [-0.4, -0.2) is 36.0 Å². The molecule has 1 aromatic carbocycles. The lowest BCUT2D eigenvalue weighted by atomic mass is 10.0. The monoisotopic (exact) mass is 283 g/mol. The van der Waals surface area contributed by atoms with Crippen molar-refractivity contribution in [1.82, 2.24) is 10.2 Å². The van der Waals surface area contributed by atoms with Gasteiger partial charge in [0.15, 0.2) is 0 Å². The molecule has 1 heterocycles. The third-order valence-corrected chi connectivity index (χ3v) is 3.87. The summed E-state index contributed by atoms with van der Waals surface area (Å²) < 4.78 is 0. The molecule has 5 nitrogen and oxygen atoms in total. The van der Waals surface area contributed by atoms with E-state index in [9.17, 15) is 10.1 Å². The molecule has 0 amide bonds. The first-order chi connectivity index (χ1) is 9.10. The Morgan fingerprint density at radius 1 is 1.47 bits per heavy atom. The summed E-state index contributed by atoms with van der Waals surface area (Å²) in [4.78, 5) is 12.9. The first-order valence-corrected chi connectivity index (χ1v) is 6.80. The molecule has 0 radical (unpaired) electrons. The Balaban J connectivity index is 2.05. The molecule has 0 atom stereocenters. The van der Waals surface area contributed by atoms with E-state index in [1.807, 2.05) is 7.05 Å². The molecule has 0 aromatic heterocycles. The van der Waals surface area contributed by atoms with Crippen LogP contribution in [0.25, 0.3) is 0 Å². The smallest absolute Gasteiger partial charge is 0.275 e. The van der Waals surface area contributed by atoms with Gasteiger partial charge < -0.3 is 5.32 Å². The summed E-state index contributed by atoms with van der Waals surface area (Å²) in [6.45, 7) is 2.54. The molecule has 1 aromatic rings. The normalized spacial score (nSPS) is 17.6.